The summed E-state index contributed by atoms with van der Waals surface area (Å²) in [6.07, 6.45) is 5.44. The fourth-order valence-electron chi connectivity index (χ4n) is 3.62. The molecular formula is C23H30N2O2. The summed E-state index contributed by atoms with van der Waals surface area (Å²) in [6.45, 7) is 4.00. The zero-order chi connectivity index (χ0) is 18.9. The monoisotopic (exact) mass is 366 g/mol. The van der Waals surface area contributed by atoms with Crippen LogP contribution in [-0.2, 0) is 12.8 Å². The van der Waals surface area contributed by atoms with Gasteiger partial charge in [0.25, 0.3) is 0 Å². The Labute approximate surface area is 162 Å². The van der Waals surface area contributed by atoms with Gasteiger partial charge in [-0.1, -0.05) is 55.8 Å². The molecule has 2 amide bonds. The number of benzene rings is 2. The second-order valence-electron chi connectivity index (χ2n) is 7.28. The number of amides is 2. The normalized spacial score (nSPS) is 14.8. The largest absolute Gasteiger partial charge is 0.473 e. The topological polar surface area (TPSA) is 41.6 Å². The van der Waals surface area contributed by atoms with E-state index in [1.54, 1.807) is 0 Å². The van der Waals surface area contributed by atoms with Gasteiger partial charge in [0.15, 0.2) is 6.73 Å². The molecule has 1 aliphatic rings. The molecule has 0 atom stereocenters. The van der Waals surface area contributed by atoms with Crippen LogP contribution in [0.15, 0.2) is 54.6 Å². The van der Waals surface area contributed by atoms with Gasteiger partial charge in [-0.2, -0.15) is 0 Å². The van der Waals surface area contributed by atoms with Crippen LogP contribution in [0, 0.1) is 5.92 Å². The molecule has 4 nitrogen and oxygen atoms in total. The van der Waals surface area contributed by atoms with Crippen molar-refractivity contribution in [1.82, 2.24) is 10.2 Å². The Hall–Kier alpha value is -2.49. The summed E-state index contributed by atoms with van der Waals surface area (Å²) in [4.78, 5) is 14.2. The molecule has 2 aromatic rings. The van der Waals surface area contributed by atoms with E-state index >= 15 is 0 Å². The van der Waals surface area contributed by atoms with E-state index in [0.29, 0.717) is 5.92 Å². The molecule has 0 spiro atoms. The number of carbonyl (C=O) groups excluding carboxylic acids is 1. The van der Waals surface area contributed by atoms with Gasteiger partial charge in [0.1, 0.15) is 5.75 Å². The van der Waals surface area contributed by atoms with Crippen molar-refractivity contribution in [2.24, 2.45) is 5.92 Å². The number of urea groups is 1. The number of ether oxygens (including phenoxy) is 1. The number of aryl methyl sites for hydroxylation is 1. The molecular weight excluding hydrogens is 336 g/mol. The Kier molecular flexibility index (Phi) is 7.14. The van der Waals surface area contributed by atoms with Crippen LogP contribution in [0.3, 0.4) is 0 Å². The van der Waals surface area contributed by atoms with Crippen LogP contribution >= 0.6 is 0 Å². The predicted molar refractivity (Wildman–Crippen MR) is 109 cm³/mol. The van der Waals surface area contributed by atoms with Gasteiger partial charge < -0.3 is 15.0 Å². The number of hydrogen-bond acceptors (Lipinski definition) is 2. The van der Waals surface area contributed by atoms with Gasteiger partial charge in [0.05, 0.1) is 0 Å². The third-order valence-corrected chi connectivity index (χ3v) is 5.19. The second kappa shape index (κ2) is 10.0. The first-order chi connectivity index (χ1) is 13.2. The van der Waals surface area contributed by atoms with Crippen molar-refractivity contribution in [3.63, 3.8) is 0 Å². The lowest BCUT2D eigenvalue weighted by Crippen LogP contribution is -2.45. The van der Waals surface area contributed by atoms with Crippen LogP contribution < -0.4 is 10.1 Å². The molecule has 0 saturated carbocycles. The van der Waals surface area contributed by atoms with Crippen molar-refractivity contribution >= 4 is 6.03 Å². The minimum absolute atomic E-state index is 0.0317. The first-order valence-corrected chi connectivity index (χ1v) is 10.0. The maximum atomic E-state index is 12.3. The summed E-state index contributed by atoms with van der Waals surface area (Å²) >= 11 is 0. The summed E-state index contributed by atoms with van der Waals surface area (Å²) in [5, 5.41) is 2.87. The third-order valence-electron chi connectivity index (χ3n) is 5.19. The van der Waals surface area contributed by atoms with Crippen molar-refractivity contribution in [1.29, 1.82) is 0 Å². The van der Waals surface area contributed by atoms with Gasteiger partial charge in [-0.15, -0.1) is 0 Å². The molecule has 1 fully saturated rings. The van der Waals surface area contributed by atoms with Crippen molar-refractivity contribution in [3.8, 4) is 5.75 Å². The fraction of sp³-hybridized carbons (Fsp3) is 0.435. The quantitative estimate of drug-likeness (QED) is 0.725. The molecule has 1 aliphatic heterocycles. The van der Waals surface area contributed by atoms with Crippen molar-refractivity contribution in [3.05, 3.63) is 65.7 Å². The minimum atomic E-state index is -0.0317. The number of piperidine rings is 1. The van der Waals surface area contributed by atoms with Crippen LogP contribution in [0.1, 0.15) is 37.3 Å². The molecule has 1 saturated heterocycles. The molecule has 3 rings (SSSR count). The highest BCUT2D eigenvalue weighted by atomic mass is 16.5. The maximum absolute atomic E-state index is 12.3. The van der Waals surface area contributed by atoms with Gasteiger partial charge in [0.2, 0.25) is 0 Å². The van der Waals surface area contributed by atoms with Crippen molar-refractivity contribution in [2.45, 2.75) is 39.0 Å². The standard InChI is InChI=1S/C23H30N2O2/c1-2-6-19-9-11-22(12-10-19)27-18-24-23(26)25-15-13-21(14-16-25)17-20-7-4-3-5-8-20/h3-5,7-12,21H,2,6,13-18H2,1H3,(H,24,26). The summed E-state index contributed by atoms with van der Waals surface area (Å²) in [6, 6.07) is 18.7. The molecule has 1 heterocycles. The second-order valence-corrected chi connectivity index (χ2v) is 7.28. The highest BCUT2D eigenvalue weighted by Crippen LogP contribution is 2.21. The zero-order valence-electron chi connectivity index (χ0n) is 16.2. The molecule has 0 radical (unpaired) electrons. The average molecular weight is 367 g/mol. The Balaban J connectivity index is 1.35. The van der Waals surface area contributed by atoms with Crippen LogP contribution in [-0.4, -0.2) is 30.8 Å². The summed E-state index contributed by atoms with van der Waals surface area (Å²) in [5.74, 6) is 1.45. The van der Waals surface area contributed by atoms with E-state index in [4.69, 9.17) is 4.74 Å². The maximum Gasteiger partial charge on any atom is 0.320 e. The number of hydrogen-bond donors (Lipinski definition) is 1. The lowest BCUT2D eigenvalue weighted by Gasteiger charge is -2.32. The molecule has 2 aromatic carbocycles. The van der Waals surface area contributed by atoms with E-state index in [-0.39, 0.29) is 12.8 Å². The molecule has 27 heavy (non-hydrogen) atoms. The first kappa shape index (κ1) is 19.3. The summed E-state index contributed by atoms with van der Waals surface area (Å²) in [7, 11) is 0. The Morgan fingerprint density at radius 3 is 2.41 bits per heavy atom. The molecule has 1 N–H and O–H groups in total. The number of likely N-dealkylation sites (tertiary alicyclic amines) is 1. The minimum Gasteiger partial charge on any atom is -0.473 e. The molecule has 0 aromatic heterocycles. The van der Waals surface area contributed by atoms with Gasteiger partial charge in [-0.05, 0) is 54.9 Å². The Morgan fingerprint density at radius 2 is 1.74 bits per heavy atom. The predicted octanol–water partition coefficient (Wildman–Crippen LogP) is 4.64. The summed E-state index contributed by atoms with van der Waals surface area (Å²) in [5.41, 5.74) is 2.70. The lowest BCUT2D eigenvalue weighted by molar-refractivity contribution is 0.161. The SMILES string of the molecule is CCCc1ccc(OCNC(=O)N2CCC(Cc3ccccc3)CC2)cc1. The zero-order valence-corrected chi connectivity index (χ0v) is 16.2. The highest BCUT2D eigenvalue weighted by Gasteiger charge is 2.22. The third kappa shape index (κ3) is 6.02. The number of carbonyl (C=O) groups is 1. The number of nitrogens with zero attached hydrogens (tertiary/aromatic N) is 1. The molecule has 0 unspecified atom stereocenters. The van der Waals surface area contributed by atoms with E-state index < -0.39 is 0 Å². The van der Waals surface area contributed by atoms with Gasteiger partial charge in [-0.3, -0.25) is 0 Å². The fourth-order valence-corrected chi connectivity index (χ4v) is 3.62. The average Bonchev–Trinajstić information content (AvgIpc) is 2.71. The Bertz CT molecular complexity index is 692. The van der Waals surface area contributed by atoms with Gasteiger partial charge in [-0.25, -0.2) is 4.79 Å². The lowest BCUT2D eigenvalue weighted by atomic mass is 9.90. The van der Waals surface area contributed by atoms with E-state index in [9.17, 15) is 4.79 Å². The highest BCUT2D eigenvalue weighted by molar-refractivity contribution is 5.74. The van der Waals surface area contributed by atoms with Crippen LogP contribution in [0.2, 0.25) is 0 Å². The van der Waals surface area contributed by atoms with Crippen LogP contribution in [0.4, 0.5) is 4.79 Å². The molecule has 0 aliphatic carbocycles. The van der Waals surface area contributed by atoms with Gasteiger partial charge in [0, 0.05) is 13.1 Å². The summed E-state index contributed by atoms with van der Waals surface area (Å²) < 4.78 is 5.64. The smallest absolute Gasteiger partial charge is 0.320 e. The molecule has 0 bridgehead atoms. The molecule has 144 valence electrons. The van der Waals surface area contributed by atoms with E-state index in [1.165, 1.54) is 11.1 Å². The van der Waals surface area contributed by atoms with Crippen molar-refractivity contribution in [2.75, 3.05) is 19.8 Å². The van der Waals surface area contributed by atoms with Crippen molar-refractivity contribution < 1.29 is 9.53 Å². The number of rotatable bonds is 7. The Morgan fingerprint density at radius 1 is 1.04 bits per heavy atom. The number of nitrogens with one attached hydrogen (secondary N) is 1. The molecule has 4 heteroatoms. The van der Waals surface area contributed by atoms with E-state index in [1.807, 2.05) is 17.0 Å². The van der Waals surface area contributed by atoms with Crippen LogP contribution in [0.5, 0.6) is 5.75 Å². The van der Waals surface area contributed by atoms with Crippen LogP contribution in [0.25, 0.3) is 0 Å². The first-order valence-electron chi connectivity index (χ1n) is 10.0. The van der Waals surface area contributed by atoms with Gasteiger partial charge >= 0.3 is 6.03 Å². The van der Waals surface area contributed by atoms with E-state index in [2.05, 4.69) is 54.7 Å². The van der Waals surface area contributed by atoms with E-state index in [0.717, 1.165) is 50.9 Å².